The van der Waals surface area contributed by atoms with Crippen molar-refractivity contribution in [2.45, 2.75) is 53.0 Å². The van der Waals surface area contributed by atoms with Crippen LogP contribution in [0.3, 0.4) is 0 Å². The Morgan fingerprint density at radius 2 is 1.94 bits per heavy atom. The van der Waals surface area contributed by atoms with Crippen LogP contribution in [0.2, 0.25) is 0 Å². The number of benzene rings is 1. The smallest absolute Gasteiger partial charge is 0.348 e. The molecule has 6 nitrogen and oxygen atoms in total. The molecule has 1 saturated carbocycles. The summed E-state index contributed by atoms with van der Waals surface area (Å²) in [6, 6.07) is 11.9. The largest absolute Gasteiger partial charge is 0.451 e. The molecule has 1 amide bonds. The van der Waals surface area contributed by atoms with Crippen LogP contribution in [0.15, 0.2) is 36.4 Å². The van der Waals surface area contributed by atoms with Gasteiger partial charge in [-0.05, 0) is 55.2 Å². The van der Waals surface area contributed by atoms with Crippen molar-refractivity contribution < 1.29 is 14.3 Å². The minimum absolute atomic E-state index is 0.0856. The Hall–Kier alpha value is -2.67. The highest BCUT2D eigenvalue weighted by Crippen LogP contribution is 2.52. The number of nitrogens with zero attached hydrogens (tertiary/aromatic N) is 3. The van der Waals surface area contributed by atoms with Gasteiger partial charge in [-0.15, -0.1) is 11.3 Å². The first-order chi connectivity index (χ1) is 15.1. The van der Waals surface area contributed by atoms with Gasteiger partial charge in [-0.25, -0.2) is 9.48 Å². The number of para-hydroxylation sites is 1. The summed E-state index contributed by atoms with van der Waals surface area (Å²) >= 11 is 1.35. The third-order valence-electron chi connectivity index (χ3n) is 6.81. The summed E-state index contributed by atoms with van der Waals surface area (Å²) in [7, 11) is 0. The van der Waals surface area contributed by atoms with Crippen molar-refractivity contribution in [2.75, 3.05) is 13.2 Å². The Kier molecular flexibility index (Phi) is 4.93. The number of thiophene rings is 1. The molecule has 2 fully saturated rings. The lowest BCUT2D eigenvalue weighted by atomic mass is 9.65. The molecule has 3 heterocycles. The summed E-state index contributed by atoms with van der Waals surface area (Å²) in [6.45, 7) is 9.32. The van der Waals surface area contributed by atoms with E-state index >= 15 is 0 Å². The number of hydrogen-bond acceptors (Lipinski definition) is 5. The molecule has 2 bridgehead atoms. The number of fused-ring (bicyclic) bond motifs is 3. The van der Waals surface area contributed by atoms with Crippen LogP contribution in [-0.2, 0) is 9.53 Å². The Morgan fingerprint density at radius 1 is 1.19 bits per heavy atom. The molecule has 2 aliphatic rings. The van der Waals surface area contributed by atoms with Gasteiger partial charge in [0.2, 0.25) is 0 Å². The fourth-order valence-electron chi connectivity index (χ4n) is 5.92. The van der Waals surface area contributed by atoms with E-state index in [9.17, 15) is 9.59 Å². The van der Waals surface area contributed by atoms with E-state index in [-0.39, 0.29) is 29.4 Å². The van der Waals surface area contributed by atoms with Gasteiger partial charge in [0, 0.05) is 18.0 Å². The van der Waals surface area contributed by atoms with Gasteiger partial charge in [0.15, 0.2) is 6.61 Å². The second-order valence-corrected chi connectivity index (χ2v) is 11.5. The fourth-order valence-corrected chi connectivity index (χ4v) is 7.00. The van der Waals surface area contributed by atoms with Gasteiger partial charge in [-0.3, -0.25) is 4.79 Å². The van der Waals surface area contributed by atoms with Crippen molar-refractivity contribution in [1.82, 2.24) is 14.7 Å². The second kappa shape index (κ2) is 7.44. The van der Waals surface area contributed by atoms with Crippen molar-refractivity contribution >= 4 is 33.4 Å². The number of rotatable bonds is 4. The molecule has 1 aromatic carbocycles. The number of aryl methyl sites for hydroxylation is 1. The predicted molar refractivity (Wildman–Crippen MR) is 125 cm³/mol. The van der Waals surface area contributed by atoms with Gasteiger partial charge in [0.25, 0.3) is 5.91 Å². The number of carbonyl (C=O) groups is 2. The Bertz CT molecular complexity index is 1200. The van der Waals surface area contributed by atoms with Crippen molar-refractivity contribution in [3.8, 4) is 5.69 Å². The number of ether oxygens (including phenoxy) is 1. The minimum atomic E-state index is -0.452. The molecule has 7 heteroatoms. The quantitative estimate of drug-likeness (QED) is 0.525. The maximum Gasteiger partial charge on any atom is 0.348 e. The predicted octanol–water partition coefficient (Wildman–Crippen LogP) is 4.98. The number of carbonyl (C=O) groups excluding carboxylic acids is 2. The standard InChI is InChI=1S/C25H29N3O3S/c1-16-19-10-20(32-22(19)28(26-16)17-8-6-5-7-9-17)23(30)31-13-21(29)27-15-25(4)12-18(27)11-24(2,3)14-25/h5-10,18H,11-15H2,1-4H3. The molecule has 1 aliphatic heterocycles. The molecule has 1 aliphatic carbocycles. The number of amides is 1. The molecule has 0 spiro atoms. The van der Waals surface area contributed by atoms with E-state index in [1.54, 1.807) is 0 Å². The summed E-state index contributed by atoms with van der Waals surface area (Å²) in [5, 5.41) is 5.54. The summed E-state index contributed by atoms with van der Waals surface area (Å²) < 4.78 is 7.32. The van der Waals surface area contributed by atoms with Crippen LogP contribution in [-0.4, -0.2) is 45.8 Å². The highest BCUT2D eigenvalue weighted by atomic mass is 32.1. The zero-order valence-corrected chi connectivity index (χ0v) is 19.9. The van der Waals surface area contributed by atoms with E-state index < -0.39 is 5.97 Å². The normalized spacial score (nSPS) is 24.1. The lowest BCUT2D eigenvalue weighted by molar-refractivity contribution is -0.135. The SMILES string of the molecule is Cc1nn(-c2ccccc2)c2sc(C(=O)OCC(=O)N3CC4(C)CC3CC(C)(C)C4)cc12. The second-order valence-electron chi connectivity index (χ2n) is 10.5. The monoisotopic (exact) mass is 451 g/mol. The first-order valence-corrected chi connectivity index (χ1v) is 12.0. The van der Waals surface area contributed by atoms with Crippen LogP contribution in [0.1, 0.15) is 55.4 Å². The van der Waals surface area contributed by atoms with Crippen LogP contribution in [0.4, 0.5) is 0 Å². The topological polar surface area (TPSA) is 64.4 Å². The van der Waals surface area contributed by atoms with E-state index in [0.717, 1.165) is 47.4 Å². The van der Waals surface area contributed by atoms with Crippen LogP contribution in [0, 0.1) is 17.8 Å². The Labute approximate surface area is 192 Å². The zero-order chi connectivity index (χ0) is 22.7. The highest BCUT2D eigenvalue weighted by molar-refractivity contribution is 7.20. The fraction of sp³-hybridized carbons (Fsp3) is 0.480. The molecular formula is C25H29N3O3S. The van der Waals surface area contributed by atoms with E-state index in [1.807, 2.05) is 52.9 Å². The molecule has 3 aromatic rings. The lowest BCUT2D eigenvalue weighted by Crippen LogP contribution is -2.39. The van der Waals surface area contributed by atoms with Gasteiger partial charge >= 0.3 is 5.97 Å². The summed E-state index contributed by atoms with van der Waals surface area (Å²) in [4.78, 5) is 29.0. The van der Waals surface area contributed by atoms with E-state index in [0.29, 0.717) is 4.88 Å². The van der Waals surface area contributed by atoms with Crippen LogP contribution >= 0.6 is 11.3 Å². The maximum atomic E-state index is 12.9. The molecule has 168 valence electrons. The van der Waals surface area contributed by atoms with E-state index in [2.05, 4.69) is 25.9 Å². The first kappa shape index (κ1) is 21.2. The molecule has 5 rings (SSSR count). The average molecular weight is 452 g/mol. The van der Waals surface area contributed by atoms with Crippen LogP contribution < -0.4 is 0 Å². The van der Waals surface area contributed by atoms with Crippen molar-refractivity contribution in [2.24, 2.45) is 10.8 Å². The van der Waals surface area contributed by atoms with Gasteiger partial charge in [-0.1, -0.05) is 39.0 Å². The maximum absolute atomic E-state index is 12.9. The lowest BCUT2D eigenvalue weighted by Gasteiger charge is -2.39. The van der Waals surface area contributed by atoms with Crippen molar-refractivity contribution in [1.29, 1.82) is 0 Å². The van der Waals surface area contributed by atoms with Crippen molar-refractivity contribution in [3.05, 3.63) is 47.0 Å². The molecule has 0 N–H and O–H groups in total. The molecule has 2 aromatic heterocycles. The molecular weight excluding hydrogens is 422 g/mol. The van der Waals surface area contributed by atoms with Crippen LogP contribution in [0.25, 0.3) is 15.9 Å². The summed E-state index contributed by atoms with van der Waals surface area (Å²) in [5.74, 6) is -0.537. The first-order valence-electron chi connectivity index (χ1n) is 11.2. The minimum Gasteiger partial charge on any atom is -0.451 e. The zero-order valence-electron chi connectivity index (χ0n) is 19.1. The number of esters is 1. The van der Waals surface area contributed by atoms with E-state index in [4.69, 9.17) is 4.74 Å². The van der Waals surface area contributed by atoms with Gasteiger partial charge in [0.05, 0.1) is 11.4 Å². The number of aromatic nitrogens is 2. The summed E-state index contributed by atoms with van der Waals surface area (Å²) in [6.07, 6.45) is 3.18. The highest BCUT2D eigenvalue weighted by Gasteiger charge is 2.50. The molecule has 1 saturated heterocycles. The van der Waals surface area contributed by atoms with Crippen LogP contribution in [0.5, 0.6) is 0 Å². The Morgan fingerprint density at radius 3 is 2.69 bits per heavy atom. The average Bonchev–Trinajstić information content (AvgIpc) is 3.37. The number of hydrogen-bond donors (Lipinski definition) is 0. The molecule has 32 heavy (non-hydrogen) atoms. The third-order valence-corrected chi connectivity index (χ3v) is 7.90. The van der Waals surface area contributed by atoms with Gasteiger partial charge < -0.3 is 9.64 Å². The third kappa shape index (κ3) is 3.72. The molecule has 0 radical (unpaired) electrons. The van der Waals surface area contributed by atoms with Crippen molar-refractivity contribution in [3.63, 3.8) is 0 Å². The summed E-state index contributed by atoms with van der Waals surface area (Å²) in [5.41, 5.74) is 2.21. The Balaban J connectivity index is 1.29. The number of likely N-dealkylation sites (tertiary alicyclic amines) is 1. The van der Waals surface area contributed by atoms with E-state index in [1.165, 1.54) is 11.3 Å². The van der Waals surface area contributed by atoms with Gasteiger partial charge in [-0.2, -0.15) is 5.10 Å². The molecule has 2 unspecified atom stereocenters. The van der Waals surface area contributed by atoms with Gasteiger partial charge in [0.1, 0.15) is 9.71 Å². The molecule has 2 atom stereocenters.